The number of benzene rings is 2. The molecule has 0 unspecified atom stereocenters. The largest absolute Gasteiger partial charge is 0.329 e. The predicted octanol–water partition coefficient (Wildman–Crippen LogP) is 3.33. The first-order chi connectivity index (χ1) is 13.1. The number of amides is 3. The molecule has 27 heavy (non-hydrogen) atoms. The Bertz CT molecular complexity index is 1160. The van der Waals surface area contributed by atoms with Gasteiger partial charge in [0.15, 0.2) is 5.78 Å². The maximum atomic E-state index is 13.0. The molecule has 3 amide bonds. The van der Waals surface area contributed by atoms with Crippen LogP contribution >= 0.6 is 11.3 Å². The molecule has 1 aliphatic heterocycles. The molecule has 1 aliphatic carbocycles. The Labute approximate surface area is 157 Å². The van der Waals surface area contributed by atoms with E-state index in [0.717, 1.165) is 10.5 Å². The zero-order valence-corrected chi connectivity index (χ0v) is 14.5. The average molecular weight is 374 g/mol. The van der Waals surface area contributed by atoms with Crippen LogP contribution in [0.4, 0.5) is 10.7 Å². The van der Waals surface area contributed by atoms with Gasteiger partial charge >= 0.3 is 0 Å². The van der Waals surface area contributed by atoms with Crippen LogP contribution in [0.3, 0.4) is 0 Å². The summed E-state index contributed by atoms with van der Waals surface area (Å²) in [6.07, 6.45) is 0.542. The Morgan fingerprint density at radius 3 is 2.22 bits per heavy atom. The van der Waals surface area contributed by atoms with Gasteiger partial charge in [0, 0.05) is 22.2 Å². The molecule has 1 aromatic heterocycles. The van der Waals surface area contributed by atoms with Crippen LogP contribution in [-0.4, -0.2) is 24.0 Å². The van der Waals surface area contributed by atoms with Crippen molar-refractivity contribution in [2.24, 2.45) is 0 Å². The second-order valence-corrected chi connectivity index (χ2v) is 7.03. The van der Waals surface area contributed by atoms with Gasteiger partial charge < -0.3 is 5.32 Å². The molecule has 0 radical (unpaired) electrons. The third kappa shape index (κ3) is 2.00. The van der Waals surface area contributed by atoms with Crippen LogP contribution in [0.2, 0.25) is 0 Å². The Kier molecular flexibility index (Phi) is 3.16. The first-order valence-electron chi connectivity index (χ1n) is 8.10. The number of imide groups is 1. The van der Waals surface area contributed by atoms with E-state index in [4.69, 9.17) is 0 Å². The number of hydrogen-bond donors (Lipinski definition) is 1. The van der Waals surface area contributed by atoms with Crippen LogP contribution in [-0.2, 0) is 4.79 Å². The quantitative estimate of drug-likeness (QED) is 0.440. The number of ketones is 1. The van der Waals surface area contributed by atoms with Gasteiger partial charge in [0.1, 0.15) is 5.00 Å². The van der Waals surface area contributed by atoms with Crippen molar-refractivity contribution in [3.05, 3.63) is 70.1 Å². The third-order valence-electron chi connectivity index (χ3n) is 4.78. The minimum atomic E-state index is -0.424. The van der Waals surface area contributed by atoms with Gasteiger partial charge in [0.25, 0.3) is 11.8 Å². The number of hydrogen-bond acceptors (Lipinski definition) is 5. The fraction of sp³-hybridized carbons (Fsp3) is 0. The van der Waals surface area contributed by atoms with Crippen LogP contribution in [0, 0.1) is 0 Å². The average Bonchev–Trinajstić information content (AvgIpc) is 3.29. The van der Waals surface area contributed by atoms with E-state index in [2.05, 4.69) is 5.32 Å². The van der Waals surface area contributed by atoms with E-state index in [1.165, 1.54) is 11.3 Å². The van der Waals surface area contributed by atoms with Gasteiger partial charge in [-0.3, -0.25) is 19.2 Å². The summed E-state index contributed by atoms with van der Waals surface area (Å²) in [5.41, 5.74) is 3.41. The van der Waals surface area contributed by atoms with Crippen molar-refractivity contribution in [3.63, 3.8) is 0 Å². The van der Waals surface area contributed by atoms with Gasteiger partial charge in [-0.25, -0.2) is 4.90 Å². The molecule has 130 valence electrons. The Balaban J connectivity index is 1.63. The molecule has 1 N–H and O–H groups in total. The molecule has 0 saturated heterocycles. The number of thiophene rings is 1. The van der Waals surface area contributed by atoms with E-state index in [1.54, 1.807) is 47.8 Å². The highest BCUT2D eigenvalue weighted by atomic mass is 32.1. The molecule has 5 rings (SSSR count). The van der Waals surface area contributed by atoms with Crippen molar-refractivity contribution in [2.45, 2.75) is 0 Å². The van der Waals surface area contributed by atoms with Gasteiger partial charge in [-0.2, -0.15) is 0 Å². The van der Waals surface area contributed by atoms with Crippen molar-refractivity contribution in [1.82, 2.24) is 0 Å². The minimum absolute atomic E-state index is 0.262. The fourth-order valence-corrected chi connectivity index (χ4v) is 4.63. The number of nitrogens with one attached hydrogen (secondary N) is 1. The number of anilines is 2. The summed E-state index contributed by atoms with van der Waals surface area (Å²) in [5, 5.41) is 4.64. The molecule has 3 aromatic rings. The third-order valence-corrected chi connectivity index (χ3v) is 5.74. The summed E-state index contributed by atoms with van der Waals surface area (Å²) in [5.74, 6) is -1.11. The van der Waals surface area contributed by atoms with E-state index >= 15 is 0 Å². The highest BCUT2D eigenvalue weighted by Gasteiger charge is 2.42. The molecule has 7 heteroatoms. The lowest BCUT2D eigenvalue weighted by molar-refractivity contribution is -0.105. The van der Waals surface area contributed by atoms with Crippen molar-refractivity contribution >= 4 is 46.0 Å². The summed E-state index contributed by atoms with van der Waals surface area (Å²) in [7, 11) is 0. The first kappa shape index (κ1) is 15.7. The maximum absolute atomic E-state index is 13.0. The smallest absolute Gasteiger partial charge is 0.266 e. The van der Waals surface area contributed by atoms with Gasteiger partial charge in [-0.1, -0.05) is 18.2 Å². The molecule has 2 aliphatic rings. The van der Waals surface area contributed by atoms with E-state index in [1.807, 2.05) is 0 Å². The van der Waals surface area contributed by atoms with Crippen LogP contribution in [0.1, 0.15) is 36.6 Å². The van der Waals surface area contributed by atoms with Crippen LogP contribution < -0.4 is 10.2 Å². The predicted molar refractivity (Wildman–Crippen MR) is 100 cm³/mol. The zero-order valence-electron chi connectivity index (χ0n) is 13.7. The maximum Gasteiger partial charge on any atom is 0.266 e. The second kappa shape index (κ2) is 5.46. The summed E-state index contributed by atoms with van der Waals surface area (Å²) in [6, 6.07) is 11.7. The minimum Gasteiger partial charge on any atom is -0.329 e. The molecule has 6 nitrogen and oxygen atoms in total. The molecular formula is C20H10N2O4S. The summed E-state index contributed by atoms with van der Waals surface area (Å²) < 4.78 is 0. The van der Waals surface area contributed by atoms with E-state index in [9.17, 15) is 19.2 Å². The van der Waals surface area contributed by atoms with Crippen molar-refractivity contribution < 1.29 is 19.2 Å². The lowest BCUT2D eigenvalue weighted by atomic mass is 10.1. The number of carbonyl (C=O) groups excluding carboxylic acids is 4. The van der Waals surface area contributed by atoms with Crippen molar-refractivity contribution in [1.29, 1.82) is 0 Å². The van der Waals surface area contributed by atoms with E-state index in [-0.39, 0.29) is 5.78 Å². The molecule has 2 heterocycles. The summed E-state index contributed by atoms with van der Waals surface area (Å²) >= 11 is 1.20. The standard InChI is InChI=1S/C20H10N2O4S/c23-9-21-10-5-6-11-14(7-10)17(24)16-15(11)8-27-20(16)22-18(25)12-3-1-2-4-13(12)19(22)26/h1-9H,(H,21,23). The van der Waals surface area contributed by atoms with Gasteiger partial charge in [0.2, 0.25) is 6.41 Å². The Morgan fingerprint density at radius 2 is 1.56 bits per heavy atom. The number of rotatable bonds is 3. The first-order valence-corrected chi connectivity index (χ1v) is 8.98. The molecule has 0 fully saturated rings. The molecule has 0 bridgehead atoms. The normalized spacial score (nSPS) is 14.2. The lowest BCUT2D eigenvalue weighted by Crippen LogP contribution is -2.29. The molecule has 0 saturated carbocycles. The Hall–Kier alpha value is -3.58. The zero-order chi connectivity index (χ0) is 18.7. The molecule has 2 aromatic carbocycles. The highest BCUT2D eigenvalue weighted by molar-refractivity contribution is 7.15. The van der Waals surface area contributed by atoms with Crippen LogP contribution in [0.25, 0.3) is 11.1 Å². The SMILES string of the molecule is O=CNc1ccc2c(c1)C(=O)c1c-2csc1N1C(=O)c2ccccc2C1=O. The summed E-state index contributed by atoms with van der Waals surface area (Å²) in [6.45, 7) is 0. The van der Waals surface area contributed by atoms with Gasteiger partial charge in [-0.05, 0) is 29.8 Å². The number of nitrogens with zero attached hydrogens (tertiary/aromatic N) is 1. The monoisotopic (exact) mass is 374 g/mol. The molecule has 0 atom stereocenters. The summed E-state index contributed by atoms with van der Waals surface area (Å²) in [4.78, 5) is 50.3. The van der Waals surface area contributed by atoms with Crippen molar-refractivity contribution in [2.75, 3.05) is 10.2 Å². The highest BCUT2D eigenvalue weighted by Crippen LogP contribution is 2.47. The van der Waals surface area contributed by atoms with Gasteiger partial charge in [0.05, 0.1) is 16.7 Å². The van der Waals surface area contributed by atoms with Gasteiger partial charge in [-0.15, -0.1) is 11.3 Å². The van der Waals surface area contributed by atoms with Crippen molar-refractivity contribution in [3.8, 4) is 11.1 Å². The molecular weight excluding hydrogens is 364 g/mol. The van der Waals surface area contributed by atoms with E-state index in [0.29, 0.717) is 44.9 Å². The fourth-order valence-electron chi connectivity index (χ4n) is 3.56. The Morgan fingerprint density at radius 1 is 0.852 bits per heavy atom. The number of carbonyl (C=O) groups is 4. The van der Waals surface area contributed by atoms with Crippen LogP contribution in [0.15, 0.2) is 47.8 Å². The van der Waals surface area contributed by atoms with Crippen LogP contribution in [0.5, 0.6) is 0 Å². The topological polar surface area (TPSA) is 83.6 Å². The number of fused-ring (bicyclic) bond motifs is 4. The lowest BCUT2D eigenvalue weighted by Gasteiger charge is -2.12. The van der Waals surface area contributed by atoms with E-state index < -0.39 is 11.8 Å². The second-order valence-electron chi connectivity index (χ2n) is 6.17. The molecule has 0 spiro atoms.